The molecule has 0 spiro atoms. The molecule has 0 rings (SSSR count). The van der Waals surface area contributed by atoms with E-state index in [4.69, 9.17) is 4.43 Å². The van der Waals surface area contributed by atoms with Crippen LogP contribution >= 0.6 is 0 Å². The van der Waals surface area contributed by atoms with E-state index in [1.165, 1.54) is 6.08 Å². The molecular weight excluding hydrogens is 275 g/mol. The van der Waals surface area contributed by atoms with Gasteiger partial charge in [-0.05, 0) is 44.0 Å². The van der Waals surface area contributed by atoms with Crippen LogP contribution in [0.1, 0.15) is 47.0 Å². The predicted octanol–water partition coefficient (Wildman–Crippen LogP) is 4.60. The summed E-state index contributed by atoms with van der Waals surface area (Å²) in [6, 6.07) is 0. The van der Waals surface area contributed by atoms with Crippen molar-refractivity contribution in [1.82, 2.24) is 0 Å². The number of halogens is 1. The van der Waals surface area contributed by atoms with Crippen molar-refractivity contribution in [2.75, 3.05) is 13.2 Å². The van der Waals surface area contributed by atoms with Gasteiger partial charge in [0.1, 0.15) is 0 Å². The molecule has 0 saturated heterocycles. The monoisotopic (exact) mass is 304 g/mol. The molecule has 0 unspecified atom stereocenters. The molecule has 0 aliphatic rings. The highest BCUT2D eigenvalue weighted by molar-refractivity contribution is 6.74. The molecule has 0 aromatic rings. The Bertz CT molecular complexity index is 338. The molecule has 0 aliphatic heterocycles. The minimum absolute atomic E-state index is 0.182. The number of carbonyl (C=O) groups is 1. The number of carbonyl (C=O) groups excluding carboxylic acids is 1. The lowest BCUT2D eigenvalue weighted by molar-refractivity contribution is -0.140. The van der Waals surface area contributed by atoms with E-state index in [9.17, 15) is 9.18 Å². The number of esters is 1. The summed E-state index contributed by atoms with van der Waals surface area (Å²) in [5, 5.41) is 0.186. The maximum atomic E-state index is 13.3. The van der Waals surface area contributed by atoms with Crippen LogP contribution in [-0.2, 0) is 14.0 Å². The van der Waals surface area contributed by atoms with Gasteiger partial charge < -0.3 is 9.16 Å². The van der Waals surface area contributed by atoms with Gasteiger partial charge in [0.2, 0.25) is 5.83 Å². The van der Waals surface area contributed by atoms with Crippen molar-refractivity contribution in [3.05, 3.63) is 11.9 Å². The summed E-state index contributed by atoms with van der Waals surface area (Å²) in [7, 11) is -1.83. The van der Waals surface area contributed by atoms with Crippen LogP contribution in [-0.4, -0.2) is 27.5 Å². The third-order valence-corrected chi connectivity index (χ3v) is 8.32. The molecule has 0 amide bonds. The van der Waals surface area contributed by atoms with Gasteiger partial charge in [0.05, 0.1) is 6.61 Å². The molecule has 0 aliphatic carbocycles. The van der Waals surface area contributed by atoms with Gasteiger partial charge in [0.25, 0.3) is 0 Å². The largest absolute Gasteiger partial charge is 0.461 e. The van der Waals surface area contributed by atoms with Gasteiger partial charge in [0.15, 0.2) is 8.32 Å². The summed E-state index contributed by atoms with van der Waals surface area (Å²) in [5.41, 5.74) is 0. The average molecular weight is 304 g/mol. The van der Waals surface area contributed by atoms with Crippen LogP contribution in [0.4, 0.5) is 4.39 Å². The Morgan fingerprint density at radius 2 is 1.90 bits per heavy atom. The van der Waals surface area contributed by atoms with E-state index < -0.39 is 20.1 Å². The van der Waals surface area contributed by atoms with Crippen LogP contribution < -0.4 is 0 Å². The molecule has 0 N–H and O–H groups in total. The van der Waals surface area contributed by atoms with Crippen molar-refractivity contribution in [2.45, 2.75) is 65.1 Å². The second kappa shape index (κ2) is 8.57. The summed E-state index contributed by atoms with van der Waals surface area (Å²) in [4.78, 5) is 11.1. The minimum atomic E-state index is -1.83. The van der Waals surface area contributed by atoms with Crippen LogP contribution in [0.25, 0.3) is 0 Å². The predicted molar refractivity (Wildman–Crippen MR) is 82.8 cm³/mol. The zero-order valence-electron chi connectivity index (χ0n) is 13.7. The topological polar surface area (TPSA) is 35.5 Å². The van der Waals surface area contributed by atoms with Crippen LogP contribution in [0.5, 0.6) is 0 Å². The highest BCUT2D eigenvalue weighted by Gasteiger charge is 2.39. The fraction of sp³-hybridized carbons (Fsp3) is 0.800. The quantitative estimate of drug-likeness (QED) is 0.270. The lowest BCUT2D eigenvalue weighted by atomic mass is 10.1. The first-order chi connectivity index (χ1) is 9.18. The lowest BCUT2D eigenvalue weighted by Gasteiger charge is -2.39. The Morgan fingerprint density at radius 1 is 1.30 bits per heavy atom. The molecular formula is C15H29FO3Si. The van der Waals surface area contributed by atoms with Crippen LogP contribution in [0.15, 0.2) is 11.9 Å². The average Bonchev–Trinajstić information content (AvgIpc) is 2.34. The first kappa shape index (κ1) is 19.3. The van der Waals surface area contributed by atoms with Gasteiger partial charge in [0, 0.05) is 6.61 Å². The minimum Gasteiger partial charge on any atom is -0.461 e. The summed E-state index contributed by atoms with van der Waals surface area (Å²) < 4.78 is 23.9. The van der Waals surface area contributed by atoms with E-state index >= 15 is 0 Å². The third-order valence-electron chi connectivity index (χ3n) is 3.88. The molecule has 0 heterocycles. The molecule has 3 nitrogen and oxygen atoms in total. The number of hydrogen-bond acceptors (Lipinski definition) is 3. The molecule has 0 atom stereocenters. The zero-order chi connectivity index (χ0) is 15.8. The molecule has 0 saturated carbocycles. The molecule has 5 heteroatoms. The number of ether oxygens (including phenoxy) is 1. The van der Waals surface area contributed by atoms with Crippen molar-refractivity contribution in [3.63, 3.8) is 0 Å². The summed E-state index contributed by atoms with van der Waals surface area (Å²) >= 11 is 0. The van der Waals surface area contributed by atoms with Crippen molar-refractivity contribution in [3.8, 4) is 0 Å². The van der Waals surface area contributed by atoms with E-state index in [0.717, 1.165) is 12.8 Å². The Hall–Kier alpha value is -0.683. The number of rotatable bonds is 9. The highest BCUT2D eigenvalue weighted by atomic mass is 28.4. The van der Waals surface area contributed by atoms with Gasteiger partial charge in [-0.1, -0.05) is 27.2 Å². The Kier molecular flexibility index (Phi) is 8.28. The Labute approximate surface area is 123 Å². The number of hydrogen-bond donors (Lipinski definition) is 0. The Balaban J connectivity index is 4.29. The van der Waals surface area contributed by atoms with E-state index in [0.29, 0.717) is 13.0 Å². The summed E-state index contributed by atoms with van der Waals surface area (Å²) in [5.74, 6) is -1.72. The zero-order valence-corrected chi connectivity index (χ0v) is 14.7. The molecule has 0 fully saturated rings. The van der Waals surface area contributed by atoms with Gasteiger partial charge in [-0.3, -0.25) is 0 Å². The summed E-state index contributed by atoms with van der Waals surface area (Å²) in [6.07, 6.45) is 3.89. The maximum Gasteiger partial charge on any atom is 0.366 e. The van der Waals surface area contributed by atoms with E-state index in [-0.39, 0.29) is 11.6 Å². The van der Waals surface area contributed by atoms with Gasteiger partial charge >= 0.3 is 5.97 Å². The smallest absolute Gasteiger partial charge is 0.366 e. The van der Waals surface area contributed by atoms with Crippen LogP contribution in [0.2, 0.25) is 18.1 Å². The van der Waals surface area contributed by atoms with Crippen LogP contribution in [0.3, 0.4) is 0 Å². The van der Waals surface area contributed by atoms with Crippen molar-refractivity contribution in [1.29, 1.82) is 0 Å². The maximum absolute atomic E-state index is 13.3. The first-order valence-corrected chi connectivity index (χ1v) is 10.3. The van der Waals surface area contributed by atoms with Gasteiger partial charge in [-0.15, -0.1) is 0 Å². The van der Waals surface area contributed by atoms with Crippen LogP contribution in [0, 0.1) is 0 Å². The summed E-state index contributed by atoms with van der Waals surface area (Å²) in [6.45, 7) is 13.3. The second-order valence-corrected chi connectivity index (χ2v) is 10.7. The standard InChI is InChI=1S/C15H29FO3Si/c1-7-11-15(3,4)20(5,6)19-12-9-10-13(16)14(17)18-8-2/h10H,7-9,11-12H2,1-6H3/b13-10+. The molecule has 0 bridgehead atoms. The van der Waals surface area contributed by atoms with Crippen molar-refractivity contribution >= 4 is 14.3 Å². The first-order valence-electron chi connectivity index (χ1n) is 7.34. The van der Waals surface area contributed by atoms with E-state index in [1.807, 2.05) is 0 Å². The molecule has 20 heavy (non-hydrogen) atoms. The molecule has 0 aromatic carbocycles. The van der Waals surface area contributed by atoms with E-state index in [2.05, 4.69) is 38.6 Å². The van der Waals surface area contributed by atoms with Crippen molar-refractivity contribution < 1.29 is 18.3 Å². The Morgan fingerprint density at radius 3 is 2.40 bits per heavy atom. The van der Waals surface area contributed by atoms with Crippen molar-refractivity contribution in [2.24, 2.45) is 0 Å². The molecule has 0 radical (unpaired) electrons. The second-order valence-electron chi connectivity index (χ2n) is 6.05. The van der Waals surface area contributed by atoms with Gasteiger partial charge in [-0.25, -0.2) is 4.79 Å². The van der Waals surface area contributed by atoms with E-state index in [1.54, 1.807) is 6.92 Å². The fourth-order valence-corrected chi connectivity index (χ4v) is 3.78. The lowest BCUT2D eigenvalue weighted by Crippen LogP contribution is -2.42. The highest BCUT2D eigenvalue weighted by Crippen LogP contribution is 2.41. The molecule has 0 aromatic heterocycles. The normalized spacial score (nSPS) is 13.4. The third kappa shape index (κ3) is 6.18. The SMILES string of the molecule is CCCC(C)(C)[Si](C)(C)OCC/C=C(/F)C(=O)OCC. The molecule has 118 valence electrons. The van der Waals surface area contributed by atoms with Gasteiger partial charge in [-0.2, -0.15) is 4.39 Å². The fourth-order valence-electron chi connectivity index (χ4n) is 1.90.